The number of sulfonamides is 1. The number of hydrogen-bond donors (Lipinski definition) is 3. The van der Waals surface area contributed by atoms with Gasteiger partial charge in [-0.2, -0.15) is 13.2 Å². The third-order valence-electron chi connectivity index (χ3n) is 3.83. The first-order valence-corrected chi connectivity index (χ1v) is 9.35. The molecule has 1 unspecified atom stereocenters. The van der Waals surface area contributed by atoms with E-state index in [4.69, 9.17) is 5.73 Å². The van der Waals surface area contributed by atoms with E-state index in [1.165, 1.54) is 31.2 Å². The number of alkyl halides is 3. The number of nitrogens with two attached hydrogens (primary N) is 1. The Bertz CT molecular complexity index is 953. The molecule has 0 spiro atoms. The maximum Gasteiger partial charge on any atom is 0.458 e. The van der Waals surface area contributed by atoms with Gasteiger partial charge >= 0.3 is 12.0 Å². The lowest BCUT2D eigenvalue weighted by Gasteiger charge is -2.22. The minimum atomic E-state index is -5.03. The Hall–Kier alpha value is -2.44. The first-order chi connectivity index (χ1) is 12.8. The summed E-state index contributed by atoms with van der Waals surface area (Å²) >= 11 is 0. The Labute approximate surface area is 158 Å². The van der Waals surface area contributed by atoms with Crippen molar-refractivity contribution in [2.24, 2.45) is 10.9 Å². The standard InChI is InChI=1S/C16H18F3N3O5S/c1-9(20)14(10(2)23)28(25,26)21-8-11-4-3-5-12(6-11)13-7-15(24,27-22-13)16(17,18)19/h3-6,21,24H,7-8,20H2,1-2H3. The van der Waals surface area contributed by atoms with Crippen molar-refractivity contribution in [3.05, 3.63) is 46.0 Å². The Balaban J connectivity index is 2.18. The highest BCUT2D eigenvalue weighted by atomic mass is 32.2. The van der Waals surface area contributed by atoms with Gasteiger partial charge in [-0.05, 0) is 31.0 Å². The number of rotatable bonds is 6. The molecule has 0 fully saturated rings. The van der Waals surface area contributed by atoms with Gasteiger partial charge in [-0.3, -0.25) is 4.79 Å². The number of oxime groups is 1. The summed E-state index contributed by atoms with van der Waals surface area (Å²) in [6, 6.07) is 5.82. The van der Waals surface area contributed by atoms with Crippen LogP contribution in [0.25, 0.3) is 0 Å². The summed E-state index contributed by atoms with van der Waals surface area (Å²) in [4.78, 5) is 15.1. The number of carbonyl (C=O) groups excluding carboxylic acids is 1. The summed E-state index contributed by atoms with van der Waals surface area (Å²) < 4.78 is 65.1. The van der Waals surface area contributed by atoms with Gasteiger partial charge in [0.1, 0.15) is 4.91 Å². The molecule has 1 aliphatic heterocycles. The molecule has 0 saturated heterocycles. The van der Waals surface area contributed by atoms with Gasteiger partial charge in [-0.15, -0.1) is 0 Å². The number of nitrogens with zero attached hydrogens (tertiary/aromatic N) is 1. The highest BCUT2D eigenvalue weighted by Gasteiger charge is 2.60. The quantitative estimate of drug-likeness (QED) is 0.593. The van der Waals surface area contributed by atoms with Gasteiger partial charge in [0.2, 0.25) is 10.0 Å². The second kappa shape index (κ2) is 7.53. The van der Waals surface area contributed by atoms with Crippen LogP contribution in [0.4, 0.5) is 13.2 Å². The van der Waals surface area contributed by atoms with Crippen molar-refractivity contribution in [1.29, 1.82) is 0 Å². The minimum Gasteiger partial charge on any atom is -0.401 e. The van der Waals surface area contributed by atoms with Crippen molar-refractivity contribution in [3.8, 4) is 0 Å². The molecule has 4 N–H and O–H groups in total. The highest BCUT2D eigenvalue weighted by Crippen LogP contribution is 2.38. The SMILES string of the molecule is CC(=O)C(=C(C)N)S(=O)(=O)NCc1cccc(C2=NOC(O)(C(F)(F)F)C2)c1. The second-order valence-electron chi connectivity index (χ2n) is 6.18. The molecule has 8 nitrogen and oxygen atoms in total. The fourth-order valence-corrected chi connectivity index (χ4v) is 3.82. The summed E-state index contributed by atoms with van der Waals surface area (Å²) in [6.45, 7) is 2.08. The van der Waals surface area contributed by atoms with Crippen molar-refractivity contribution in [2.75, 3.05) is 0 Å². The van der Waals surface area contributed by atoms with Gasteiger partial charge in [0.05, 0.1) is 12.1 Å². The van der Waals surface area contributed by atoms with Gasteiger partial charge in [0, 0.05) is 12.2 Å². The average molecular weight is 421 g/mol. The average Bonchev–Trinajstić information content (AvgIpc) is 2.96. The maximum atomic E-state index is 12.8. The zero-order valence-electron chi connectivity index (χ0n) is 14.9. The van der Waals surface area contributed by atoms with E-state index in [0.29, 0.717) is 5.56 Å². The highest BCUT2D eigenvalue weighted by molar-refractivity contribution is 7.94. The molecule has 0 saturated carbocycles. The smallest absolute Gasteiger partial charge is 0.401 e. The molecule has 1 atom stereocenters. The molecule has 0 bridgehead atoms. The lowest BCUT2D eigenvalue weighted by Crippen LogP contribution is -2.45. The van der Waals surface area contributed by atoms with Crippen LogP contribution in [0.2, 0.25) is 0 Å². The second-order valence-corrected chi connectivity index (χ2v) is 7.89. The molecular formula is C16H18F3N3O5S. The summed E-state index contributed by atoms with van der Waals surface area (Å²) in [7, 11) is -4.18. The third-order valence-corrected chi connectivity index (χ3v) is 5.50. The molecule has 1 aliphatic rings. The lowest BCUT2D eigenvalue weighted by molar-refractivity contribution is -0.355. The number of carbonyl (C=O) groups is 1. The van der Waals surface area contributed by atoms with E-state index in [-0.39, 0.29) is 23.5 Å². The summed E-state index contributed by atoms with van der Waals surface area (Å²) in [6.07, 6.45) is -5.93. The van der Waals surface area contributed by atoms with E-state index in [9.17, 15) is 31.5 Å². The van der Waals surface area contributed by atoms with Crippen molar-refractivity contribution < 1.29 is 36.3 Å². The Morgan fingerprint density at radius 2 is 2.04 bits per heavy atom. The molecule has 12 heteroatoms. The summed E-state index contributed by atoms with van der Waals surface area (Å²) in [5, 5.41) is 12.8. The van der Waals surface area contributed by atoms with E-state index >= 15 is 0 Å². The van der Waals surface area contributed by atoms with Gasteiger partial charge < -0.3 is 15.7 Å². The van der Waals surface area contributed by atoms with Crippen LogP contribution in [0.5, 0.6) is 0 Å². The van der Waals surface area contributed by atoms with Gasteiger partial charge in [-0.1, -0.05) is 23.4 Å². The molecule has 2 rings (SSSR count). The number of aliphatic hydroxyl groups is 1. The number of nitrogens with one attached hydrogen (secondary N) is 1. The van der Waals surface area contributed by atoms with E-state index in [2.05, 4.69) is 14.7 Å². The van der Waals surface area contributed by atoms with Crippen LogP contribution in [-0.4, -0.2) is 37.0 Å². The van der Waals surface area contributed by atoms with Crippen LogP contribution >= 0.6 is 0 Å². The molecule has 28 heavy (non-hydrogen) atoms. The number of Topliss-reactive ketones (excluding diaryl/α,β-unsaturated/α-hetero) is 1. The van der Waals surface area contributed by atoms with Crippen molar-refractivity contribution in [2.45, 2.75) is 38.8 Å². The number of halogens is 3. The first-order valence-electron chi connectivity index (χ1n) is 7.87. The van der Waals surface area contributed by atoms with Crippen molar-refractivity contribution >= 4 is 21.5 Å². The van der Waals surface area contributed by atoms with Gasteiger partial charge in [0.15, 0.2) is 5.78 Å². The minimum absolute atomic E-state index is 0.147. The molecule has 0 aromatic heterocycles. The van der Waals surface area contributed by atoms with Gasteiger partial charge in [0.25, 0.3) is 0 Å². The van der Waals surface area contributed by atoms with Crippen molar-refractivity contribution in [3.63, 3.8) is 0 Å². The van der Waals surface area contributed by atoms with Crippen LogP contribution in [0.15, 0.2) is 40.0 Å². The lowest BCUT2D eigenvalue weighted by atomic mass is 10.0. The number of ketones is 1. The largest absolute Gasteiger partial charge is 0.458 e. The van der Waals surface area contributed by atoms with Crippen LogP contribution in [0.1, 0.15) is 31.4 Å². The first kappa shape index (κ1) is 21.9. The monoisotopic (exact) mass is 421 g/mol. The van der Waals surface area contributed by atoms with E-state index in [1.54, 1.807) is 0 Å². The van der Waals surface area contributed by atoms with E-state index in [0.717, 1.165) is 6.92 Å². The van der Waals surface area contributed by atoms with Crippen LogP contribution in [0, 0.1) is 0 Å². The predicted octanol–water partition coefficient (Wildman–Crippen LogP) is 1.26. The fraction of sp³-hybridized carbons (Fsp3) is 0.375. The van der Waals surface area contributed by atoms with Gasteiger partial charge in [-0.25, -0.2) is 13.1 Å². The molecule has 0 amide bonds. The Morgan fingerprint density at radius 1 is 1.39 bits per heavy atom. The molecule has 0 radical (unpaired) electrons. The zero-order chi connectivity index (χ0) is 21.3. The molecule has 0 aliphatic carbocycles. The molecular weight excluding hydrogens is 403 g/mol. The van der Waals surface area contributed by atoms with Crippen LogP contribution < -0.4 is 10.5 Å². The molecule has 154 valence electrons. The normalized spacial score (nSPS) is 21.0. The number of hydrogen-bond acceptors (Lipinski definition) is 7. The fourth-order valence-electron chi connectivity index (χ4n) is 2.52. The van der Waals surface area contributed by atoms with E-state index < -0.39 is 39.1 Å². The van der Waals surface area contributed by atoms with Crippen LogP contribution in [0.3, 0.4) is 0 Å². The number of benzene rings is 1. The third kappa shape index (κ3) is 4.51. The zero-order valence-corrected chi connectivity index (χ0v) is 15.7. The molecule has 1 aromatic rings. The van der Waals surface area contributed by atoms with Crippen molar-refractivity contribution in [1.82, 2.24) is 4.72 Å². The topological polar surface area (TPSA) is 131 Å². The van der Waals surface area contributed by atoms with E-state index in [1.807, 2.05) is 0 Å². The maximum absolute atomic E-state index is 12.8. The molecule has 1 heterocycles. The number of allylic oxidation sites excluding steroid dienone is 2. The summed E-state index contributed by atoms with van der Waals surface area (Å²) in [5.41, 5.74) is 5.73. The Kier molecular flexibility index (Phi) is 5.87. The Morgan fingerprint density at radius 3 is 2.54 bits per heavy atom. The van der Waals surface area contributed by atoms with Crippen LogP contribution in [-0.2, 0) is 26.2 Å². The predicted molar refractivity (Wildman–Crippen MR) is 93.0 cm³/mol. The summed E-state index contributed by atoms with van der Waals surface area (Å²) in [5.74, 6) is -4.13. The molecule has 1 aromatic carbocycles.